The van der Waals surface area contributed by atoms with Gasteiger partial charge in [0.05, 0.1) is 12.0 Å². The molecule has 2 heterocycles. The van der Waals surface area contributed by atoms with Crippen LogP contribution in [0.1, 0.15) is 16.7 Å². The van der Waals surface area contributed by atoms with Gasteiger partial charge in [0, 0.05) is 24.3 Å². The number of halogens is 1. The Morgan fingerprint density at radius 2 is 1.78 bits per heavy atom. The molecule has 2 aliphatic rings. The second kappa shape index (κ2) is 12.3. The molecule has 0 unspecified atom stereocenters. The quantitative estimate of drug-likeness (QED) is 0.395. The second-order valence-corrected chi connectivity index (χ2v) is 10.3. The van der Waals surface area contributed by atoms with E-state index in [9.17, 15) is 23.6 Å². The van der Waals surface area contributed by atoms with Crippen LogP contribution >= 0.6 is 11.8 Å². The number of ether oxygens (including phenoxy) is 2. The SMILES string of the molecule is COc1cccc(/C=C2\SC(=O)N(CC(=O)N3CCc4ccccc4C3)C2=O)c1OCC(=O)Nc1ccc(F)cc1. The van der Waals surface area contributed by atoms with Crippen molar-refractivity contribution >= 4 is 46.5 Å². The molecule has 9 nitrogen and oxygen atoms in total. The van der Waals surface area contributed by atoms with E-state index in [1.165, 1.54) is 43.0 Å². The molecule has 0 bridgehead atoms. The molecule has 1 fully saturated rings. The van der Waals surface area contributed by atoms with Crippen molar-refractivity contribution in [1.82, 2.24) is 9.80 Å². The highest BCUT2D eigenvalue weighted by Gasteiger charge is 2.37. The Kier molecular flexibility index (Phi) is 8.34. The summed E-state index contributed by atoms with van der Waals surface area (Å²) < 4.78 is 24.3. The Labute approximate surface area is 239 Å². The van der Waals surface area contributed by atoms with Crippen molar-refractivity contribution in [2.75, 3.05) is 32.1 Å². The standard InChI is InChI=1S/C30H26FN3O6S/c1-39-24-8-4-7-20(28(24)40-18-26(35)32-23-11-9-22(31)10-12-23)15-25-29(37)34(30(38)41-25)17-27(36)33-14-13-19-5-2-3-6-21(19)16-33/h2-12,15H,13-14,16-18H2,1H3,(H,32,35)/b25-15-. The fourth-order valence-electron chi connectivity index (χ4n) is 4.55. The van der Waals surface area contributed by atoms with E-state index in [0.717, 1.165) is 22.2 Å². The summed E-state index contributed by atoms with van der Waals surface area (Å²) in [5.41, 5.74) is 3.05. The van der Waals surface area contributed by atoms with Gasteiger partial charge in [-0.1, -0.05) is 36.4 Å². The molecule has 3 aromatic carbocycles. The molecule has 4 amide bonds. The Hall–Kier alpha value is -4.64. The summed E-state index contributed by atoms with van der Waals surface area (Å²) in [6, 6.07) is 18.1. The van der Waals surface area contributed by atoms with Crippen molar-refractivity contribution in [3.8, 4) is 11.5 Å². The second-order valence-electron chi connectivity index (χ2n) is 9.32. The van der Waals surface area contributed by atoms with Crippen molar-refractivity contribution in [3.63, 3.8) is 0 Å². The fourth-order valence-corrected chi connectivity index (χ4v) is 5.38. The van der Waals surface area contributed by atoms with Gasteiger partial charge >= 0.3 is 0 Å². The molecule has 2 aliphatic heterocycles. The minimum Gasteiger partial charge on any atom is -0.493 e. The van der Waals surface area contributed by atoms with E-state index >= 15 is 0 Å². The van der Waals surface area contributed by atoms with Crippen molar-refractivity contribution < 1.29 is 33.0 Å². The number of imide groups is 1. The molecule has 0 saturated carbocycles. The summed E-state index contributed by atoms with van der Waals surface area (Å²) in [6.45, 7) is 0.199. The number of fused-ring (bicyclic) bond motifs is 1. The van der Waals surface area contributed by atoms with Gasteiger partial charge in [-0.2, -0.15) is 0 Å². The van der Waals surface area contributed by atoms with Gasteiger partial charge < -0.3 is 19.7 Å². The van der Waals surface area contributed by atoms with E-state index < -0.39 is 29.5 Å². The molecule has 41 heavy (non-hydrogen) atoms. The lowest BCUT2D eigenvalue weighted by Crippen LogP contribution is -2.44. The van der Waals surface area contributed by atoms with Crippen LogP contribution in [0.4, 0.5) is 14.9 Å². The molecular weight excluding hydrogens is 549 g/mol. The van der Waals surface area contributed by atoms with Crippen LogP contribution in [0.25, 0.3) is 6.08 Å². The van der Waals surface area contributed by atoms with E-state index in [2.05, 4.69) is 5.32 Å². The molecule has 210 valence electrons. The fraction of sp³-hybridized carbons (Fsp3) is 0.200. The van der Waals surface area contributed by atoms with Gasteiger partial charge in [-0.25, -0.2) is 4.39 Å². The van der Waals surface area contributed by atoms with Crippen LogP contribution in [-0.2, 0) is 27.3 Å². The number of nitrogens with one attached hydrogen (secondary N) is 1. The zero-order valence-corrected chi connectivity index (χ0v) is 22.9. The number of anilines is 1. The summed E-state index contributed by atoms with van der Waals surface area (Å²) in [4.78, 5) is 54.1. The lowest BCUT2D eigenvalue weighted by molar-refractivity contribution is -0.136. The van der Waals surface area contributed by atoms with Crippen molar-refractivity contribution in [2.24, 2.45) is 0 Å². The Bertz CT molecular complexity index is 1540. The van der Waals surface area contributed by atoms with Crippen molar-refractivity contribution in [2.45, 2.75) is 13.0 Å². The lowest BCUT2D eigenvalue weighted by atomic mass is 10.00. The summed E-state index contributed by atoms with van der Waals surface area (Å²) >= 11 is 0.725. The molecule has 0 aromatic heterocycles. The molecule has 0 aliphatic carbocycles. The van der Waals surface area contributed by atoms with Gasteiger partial charge in [-0.3, -0.25) is 24.1 Å². The minimum absolute atomic E-state index is 0.112. The maximum atomic E-state index is 13.2. The number of methoxy groups -OCH3 is 1. The van der Waals surface area contributed by atoms with E-state index in [1.54, 1.807) is 23.1 Å². The van der Waals surface area contributed by atoms with E-state index in [4.69, 9.17) is 9.47 Å². The highest BCUT2D eigenvalue weighted by molar-refractivity contribution is 8.18. The van der Waals surface area contributed by atoms with Crippen LogP contribution in [-0.4, -0.2) is 59.6 Å². The first-order valence-corrected chi connectivity index (χ1v) is 13.6. The van der Waals surface area contributed by atoms with Crippen LogP contribution in [0, 0.1) is 5.82 Å². The van der Waals surface area contributed by atoms with Crippen molar-refractivity contribution in [1.29, 1.82) is 0 Å². The average molecular weight is 576 g/mol. The van der Waals surface area contributed by atoms with Gasteiger partial charge in [-0.15, -0.1) is 0 Å². The number of hydrogen-bond donors (Lipinski definition) is 1. The molecular formula is C30H26FN3O6S. The van der Waals surface area contributed by atoms with Gasteiger partial charge in [0.2, 0.25) is 5.91 Å². The Morgan fingerprint density at radius 1 is 1.02 bits per heavy atom. The molecule has 0 atom stereocenters. The normalized spacial score (nSPS) is 15.6. The molecule has 0 spiro atoms. The Balaban J connectivity index is 1.27. The molecule has 5 rings (SSSR count). The van der Waals surface area contributed by atoms with Crippen LogP contribution in [0.2, 0.25) is 0 Å². The van der Waals surface area contributed by atoms with Gasteiger partial charge in [0.25, 0.3) is 17.1 Å². The van der Waals surface area contributed by atoms with Gasteiger partial charge in [0.15, 0.2) is 18.1 Å². The molecule has 3 aromatic rings. The predicted octanol–water partition coefficient (Wildman–Crippen LogP) is 4.47. The zero-order chi connectivity index (χ0) is 28.9. The summed E-state index contributed by atoms with van der Waals surface area (Å²) in [6.07, 6.45) is 2.19. The number of rotatable bonds is 8. The number of hydrogen-bond acceptors (Lipinski definition) is 7. The first-order chi connectivity index (χ1) is 19.8. The first kappa shape index (κ1) is 27.9. The van der Waals surface area contributed by atoms with Crippen LogP contribution in [0.15, 0.2) is 71.6 Å². The number of carbonyl (C=O) groups is 4. The lowest BCUT2D eigenvalue weighted by Gasteiger charge is -2.29. The summed E-state index contributed by atoms with van der Waals surface area (Å²) in [5.74, 6) is -1.31. The first-order valence-electron chi connectivity index (χ1n) is 12.8. The number of carbonyl (C=O) groups excluding carboxylic acids is 4. The third-order valence-corrected chi connectivity index (χ3v) is 7.55. The van der Waals surface area contributed by atoms with Crippen molar-refractivity contribution in [3.05, 3.63) is 94.1 Å². The molecule has 0 radical (unpaired) electrons. The van der Waals surface area contributed by atoms with E-state index in [-0.39, 0.29) is 23.1 Å². The third-order valence-electron chi connectivity index (χ3n) is 6.64. The van der Waals surface area contributed by atoms with Crippen LogP contribution in [0.3, 0.4) is 0 Å². The zero-order valence-electron chi connectivity index (χ0n) is 22.1. The van der Waals surface area contributed by atoms with Crippen LogP contribution in [0.5, 0.6) is 11.5 Å². The number of amides is 4. The monoisotopic (exact) mass is 575 g/mol. The third kappa shape index (κ3) is 6.41. The highest BCUT2D eigenvalue weighted by atomic mass is 32.2. The number of thioether (sulfide) groups is 1. The minimum atomic E-state index is -0.589. The predicted molar refractivity (Wildman–Crippen MR) is 152 cm³/mol. The summed E-state index contributed by atoms with van der Waals surface area (Å²) in [5, 5.41) is 2.06. The number of para-hydroxylation sites is 1. The largest absolute Gasteiger partial charge is 0.493 e. The maximum absolute atomic E-state index is 13.2. The average Bonchev–Trinajstić information content (AvgIpc) is 3.24. The van der Waals surface area contributed by atoms with Gasteiger partial charge in [0.1, 0.15) is 12.4 Å². The molecule has 1 N–H and O–H groups in total. The van der Waals surface area contributed by atoms with E-state index in [1.807, 2.05) is 24.3 Å². The summed E-state index contributed by atoms with van der Waals surface area (Å²) in [7, 11) is 1.43. The highest BCUT2D eigenvalue weighted by Crippen LogP contribution is 2.37. The van der Waals surface area contributed by atoms with Crippen LogP contribution < -0.4 is 14.8 Å². The van der Waals surface area contributed by atoms with Gasteiger partial charge in [-0.05, 0) is 65.7 Å². The number of nitrogens with zero attached hydrogens (tertiary/aromatic N) is 2. The Morgan fingerprint density at radius 3 is 2.54 bits per heavy atom. The number of benzene rings is 3. The smallest absolute Gasteiger partial charge is 0.294 e. The topological polar surface area (TPSA) is 105 Å². The maximum Gasteiger partial charge on any atom is 0.294 e. The van der Waals surface area contributed by atoms with E-state index in [0.29, 0.717) is 36.5 Å². The molecule has 1 saturated heterocycles. The molecule has 11 heteroatoms.